The predicted molar refractivity (Wildman–Crippen MR) is 115 cm³/mol. The minimum atomic E-state index is -4.87. The lowest BCUT2D eigenvalue weighted by Gasteiger charge is -2.21. The molecule has 0 atom stereocenters. The van der Waals surface area contributed by atoms with E-state index in [1.807, 2.05) is 0 Å². The zero-order valence-electron chi connectivity index (χ0n) is 17.3. The first-order chi connectivity index (χ1) is 15.6. The van der Waals surface area contributed by atoms with Crippen LogP contribution < -0.4 is 15.0 Å². The van der Waals surface area contributed by atoms with E-state index in [2.05, 4.69) is 11.9 Å². The molecular weight excluding hydrogens is 466 g/mol. The van der Waals surface area contributed by atoms with E-state index in [1.54, 1.807) is 24.3 Å². The van der Waals surface area contributed by atoms with Gasteiger partial charge in [-0.15, -0.1) is 0 Å². The number of carbonyl (C=O) groups is 2. The molecule has 3 rings (SSSR count). The van der Waals surface area contributed by atoms with E-state index in [1.165, 1.54) is 4.90 Å². The zero-order chi connectivity index (χ0) is 24.2. The van der Waals surface area contributed by atoms with Crippen LogP contribution in [0.5, 0.6) is 5.75 Å². The number of amides is 3. The maximum atomic E-state index is 13.5. The molecule has 33 heavy (non-hydrogen) atoms. The monoisotopic (exact) mass is 485 g/mol. The summed E-state index contributed by atoms with van der Waals surface area (Å²) < 4.78 is 57.8. The van der Waals surface area contributed by atoms with Gasteiger partial charge in [-0.25, -0.2) is 9.18 Å². The van der Waals surface area contributed by atoms with Crippen LogP contribution in [0, 0.1) is 5.82 Å². The van der Waals surface area contributed by atoms with Crippen LogP contribution in [0.4, 0.5) is 28.0 Å². The summed E-state index contributed by atoms with van der Waals surface area (Å²) in [6.45, 7) is 4.11. The molecule has 1 N–H and O–H groups in total. The SMILES string of the molecule is C=C(CCNC(=O)COc1ccc(Cl)cc1)N1CCN(c2ccc(F)c(C(F)(F)F)c2)C1=O. The van der Waals surface area contributed by atoms with E-state index in [0.29, 0.717) is 28.6 Å². The Morgan fingerprint density at radius 3 is 2.52 bits per heavy atom. The lowest BCUT2D eigenvalue weighted by atomic mass is 10.1. The molecule has 0 unspecified atom stereocenters. The topological polar surface area (TPSA) is 61.9 Å². The fraction of sp³-hybridized carbons (Fsp3) is 0.273. The van der Waals surface area contributed by atoms with E-state index in [4.69, 9.17) is 16.3 Å². The second-order valence-corrected chi connectivity index (χ2v) is 7.59. The number of hydrogen-bond acceptors (Lipinski definition) is 3. The number of hydrogen-bond donors (Lipinski definition) is 1. The molecule has 0 radical (unpaired) electrons. The Morgan fingerprint density at radius 1 is 1.15 bits per heavy atom. The Kier molecular flexibility index (Phi) is 7.47. The van der Waals surface area contributed by atoms with Gasteiger partial charge in [0.1, 0.15) is 11.6 Å². The molecule has 2 aromatic rings. The molecule has 2 aromatic carbocycles. The van der Waals surface area contributed by atoms with Gasteiger partial charge in [-0.1, -0.05) is 18.2 Å². The number of anilines is 1. The molecule has 1 heterocycles. The van der Waals surface area contributed by atoms with Crippen LogP contribution >= 0.6 is 11.6 Å². The first-order valence-electron chi connectivity index (χ1n) is 9.85. The normalized spacial score (nSPS) is 13.9. The van der Waals surface area contributed by atoms with Gasteiger partial charge in [-0.05, 0) is 42.5 Å². The Morgan fingerprint density at radius 2 is 1.85 bits per heavy atom. The standard InChI is InChI=1S/C22H20ClF4N3O3/c1-14(8-9-28-20(31)13-33-17-5-2-15(23)3-6-17)29-10-11-30(21(29)32)16-4-7-19(24)18(12-16)22(25,26)27/h2-7,12H,1,8-11,13H2,(H,28,31). The van der Waals surface area contributed by atoms with E-state index < -0.39 is 23.6 Å². The zero-order valence-corrected chi connectivity index (χ0v) is 18.0. The van der Waals surface area contributed by atoms with Crippen molar-refractivity contribution in [1.29, 1.82) is 0 Å². The van der Waals surface area contributed by atoms with Gasteiger partial charge in [-0.3, -0.25) is 14.6 Å². The fourth-order valence-electron chi connectivity index (χ4n) is 3.18. The summed E-state index contributed by atoms with van der Waals surface area (Å²) in [5.41, 5.74) is -1.11. The van der Waals surface area contributed by atoms with E-state index in [-0.39, 0.29) is 44.3 Å². The third kappa shape index (κ3) is 6.16. The van der Waals surface area contributed by atoms with Gasteiger partial charge >= 0.3 is 12.2 Å². The third-order valence-corrected chi connectivity index (χ3v) is 5.13. The number of halogens is 5. The number of carbonyl (C=O) groups excluding carboxylic acids is 2. The molecule has 0 aliphatic carbocycles. The summed E-state index contributed by atoms with van der Waals surface area (Å²) in [7, 11) is 0. The number of nitrogens with one attached hydrogen (secondary N) is 1. The first-order valence-corrected chi connectivity index (χ1v) is 10.2. The van der Waals surface area contributed by atoms with Crippen LogP contribution in [0.3, 0.4) is 0 Å². The van der Waals surface area contributed by atoms with Gasteiger partial charge in [0.15, 0.2) is 6.61 Å². The lowest BCUT2D eigenvalue weighted by molar-refractivity contribution is -0.140. The van der Waals surface area contributed by atoms with Crippen molar-refractivity contribution < 1.29 is 31.9 Å². The Balaban J connectivity index is 1.49. The summed E-state index contributed by atoms with van der Waals surface area (Å²) in [6.07, 6.45) is -4.63. The Bertz CT molecular complexity index is 1040. The second kappa shape index (κ2) is 10.1. The molecule has 0 bridgehead atoms. The van der Waals surface area contributed by atoms with Crippen molar-refractivity contribution in [1.82, 2.24) is 10.2 Å². The van der Waals surface area contributed by atoms with Gasteiger partial charge in [0, 0.05) is 42.5 Å². The number of urea groups is 1. The molecule has 1 aliphatic rings. The number of rotatable bonds is 8. The van der Waals surface area contributed by atoms with E-state index in [9.17, 15) is 27.2 Å². The molecule has 1 aliphatic heterocycles. The molecule has 3 amide bonds. The minimum Gasteiger partial charge on any atom is -0.484 e. The summed E-state index contributed by atoms with van der Waals surface area (Å²) in [4.78, 5) is 27.0. The van der Waals surface area contributed by atoms with Crippen LogP contribution in [0.2, 0.25) is 5.02 Å². The maximum Gasteiger partial charge on any atom is 0.419 e. The van der Waals surface area contributed by atoms with Gasteiger partial charge in [0.25, 0.3) is 5.91 Å². The number of nitrogens with zero attached hydrogens (tertiary/aromatic N) is 2. The highest BCUT2D eigenvalue weighted by atomic mass is 35.5. The van der Waals surface area contributed by atoms with Crippen molar-refractivity contribution in [2.24, 2.45) is 0 Å². The summed E-state index contributed by atoms with van der Waals surface area (Å²) in [5.74, 6) is -1.30. The van der Waals surface area contributed by atoms with Gasteiger partial charge < -0.3 is 10.1 Å². The van der Waals surface area contributed by atoms with E-state index >= 15 is 0 Å². The fourth-order valence-corrected chi connectivity index (χ4v) is 3.31. The van der Waals surface area contributed by atoms with Crippen molar-refractivity contribution in [2.45, 2.75) is 12.6 Å². The quantitative estimate of drug-likeness (QED) is 0.544. The van der Waals surface area contributed by atoms with Crippen LogP contribution in [0.25, 0.3) is 0 Å². The molecule has 1 saturated heterocycles. The average Bonchev–Trinajstić information content (AvgIpc) is 3.14. The Hall–Kier alpha value is -3.27. The van der Waals surface area contributed by atoms with Crippen LogP contribution in [-0.2, 0) is 11.0 Å². The Labute approximate surface area is 192 Å². The highest BCUT2D eigenvalue weighted by Crippen LogP contribution is 2.35. The van der Waals surface area contributed by atoms with Gasteiger partial charge in [0.2, 0.25) is 0 Å². The molecule has 1 fully saturated rings. The van der Waals surface area contributed by atoms with Crippen molar-refractivity contribution in [3.63, 3.8) is 0 Å². The summed E-state index contributed by atoms with van der Waals surface area (Å²) >= 11 is 5.78. The summed E-state index contributed by atoms with van der Waals surface area (Å²) in [6, 6.07) is 8.36. The van der Waals surface area contributed by atoms with Crippen LogP contribution in [0.15, 0.2) is 54.7 Å². The predicted octanol–water partition coefficient (Wildman–Crippen LogP) is 4.84. The van der Waals surface area contributed by atoms with Crippen molar-refractivity contribution >= 4 is 29.2 Å². The van der Waals surface area contributed by atoms with Crippen molar-refractivity contribution in [3.05, 3.63) is 71.1 Å². The number of benzene rings is 2. The molecular formula is C22H20ClF4N3O3. The largest absolute Gasteiger partial charge is 0.484 e. The molecule has 0 spiro atoms. The van der Waals surface area contributed by atoms with Gasteiger partial charge in [-0.2, -0.15) is 13.2 Å². The molecule has 6 nitrogen and oxygen atoms in total. The van der Waals surface area contributed by atoms with Gasteiger partial charge in [0.05, 0.1) is 5.56 Å². The second-order valence-electron chi connectivity index (χ2n) is 7.16. The highest BCUT2D eigenvalue weighted by molar-refractivity contribution is 6.30. The lowest BCUT2D eigenvalue weighted by Crippen LogP contribution is -2.34. The molecule has 0 aromatic heterocycles. The number of ether oxygens (including phenoxy) is 1. The molecule has 0 saturated carbocycles. The molecule has 11 heteroatoms. The molecule has 176 valence electrons. The first kappa shape index (κ1) is 24.4. The third-order valence-electron chi connectivity index (χ3n) is 4.88. The summed E-state index contributed by atoms with van der Waals surface area (Å²) in [5, 5.41) is 3.18. The van der Waals surface area contributed by atoms with Crippen molar-refractivity contribution in [3.8, 4) is 5.75 Å². The van der Waals surface area contributed by atoms with Crippen LogP contribution in [0.1, 0.15) is 12.0 Å². The number of alkyl halides is 3. The van der Waals surface area contributed by atoms with Crippen molar-refractivity contribution in [2.75, 3.05) is 31.1 Å². The maximum absolute atomic E-state index is 13.5. The van der Waals surface area contributed by atoms with Crippen LogP contribution in [-0.4, -0.2) is 43.1 Å². The highest BCUT2D eigenvalue weighted by Gasteiger charge is 2.37. The van der Waals surface area contributed by atoms with E-state index in [0.717, 1.165) is 11.0 Å². The minimum absolute atomic E-state index is 0.0586. The smallest absolute Gasteiger partial charge is 0.419 e. The average molecular weight is 486 g/mol.